The van der Waals surface area contributed by atoms with Crippen molar-refractivity contribution in [3.8, 4) is 17.1 Å². The molecule has 1 aliphatic rings. The summed E-state index contributed by atoms with van der Waals surface area (Å²) in [7, 11) is -1.68. The Kier molecular flexibility index (Phi) is 6.29. The van der Waals surface area contributed by atoms with Crippen LogP contribution in [0, 0.1) is 13.8 Å². The third-order valence-electron chi connectivity index (χ3n) is 5.82. The van der Waals surface area contributed by atoms with Crippen molar-refractivity contribution < 1.29 is 13.7 Å². The molecule has 4 aromatic rings. The second-order valence-corrected chi connectivity index (χ2v) is 9.52. The number of hydrogen-bond acceptors (Lipinski definition) is 5. The number of aryl methyl sites for hydroxylation is 2. The molecule has 1 aliphatic heterocycles. The summed E-state index contributed by atoms with van der Waals surface area (Å²) in [5, 5.41) is 2.94. The van der Waals surface area contributed by atoms with Crippen molar-refractivity contribution >= 4 is 22.8 Å². The van der Waals surface area contributed by atoms with Crippen molar-refractivity contribution in [3.05, 3.63) is 101 Å². The minimum absolute atomic E-state index is 0.175. The maximum Gasteiger partial charge on any atom is 0.251 e. The van der Waals surface area contributed by atoms with Gasteiger partial charge in [-0.05, 0) is 48.7 Å². The number of nitrogens with one attached hydrogen (secondary N) is 2. The molecule has 1 amide bonds. The lowest BCUT2D eigenvalue weighted by atomic mass is 10.00. The SMILES string of the molecule is Cc1cccc(C)c1-c1cc2nc(n1)NS(=O)c1cccc(c1)C(=O)NC[C@H](c1ccccc1)O2. The van der Waals surface area contributed by atoms with Gasteiger partial charge in [-0.1, -0.05) is 54.6 Å². The van der Waals surface area contributed by atoms with Crippen LogP contribution in [0.2, 0.25) is 0 Å². The third-order valence-corrected chi connectivity index (χ3v) is 6.87. The van der Waals surface area contributed by atoms with Gasteiger partial charge < -0.3 is 10.1 Å². The number of hydrogen-bond donors (Lipinski definition) is 2. The molecule has 2 N–H and O–H groups in total. The number of fused-ring (bicyclic) bond motifs is 4. The minimum atomic E-state index is -1.68. The maximum absolute atomic E-state index is 13.1. The Labute approximate surface area is 206 Å². The number of ether oxygens (including phenoxy) is 1. The van der Waals surface area contributed by atoms with E-state index in [1.165, 1.54) is 0 Å². The van der Waals surface area contributed by atoms with Crippen LogP contribution in [0.5, 0.6) is 5.88 Å². The second-order valence-electron chi connectivity index (χ2n) is 8.31. The van der Waals surface area contributed by atoms with E-state index in [9.17, 15) is 9.00 Å². The van der Waals surface area contributed by atoms with E-state index < -0.39 is 17.1 Å². The van der Waals surface area contributed by atoms with Crippen LogP contribution < -0.4 is 14.8 Å². The predicted octanol–water partition coefficient (Wildman–Crippen LogP) is 4.76. The standard InChI is InChI=1S/C27H24N4O3S/c1-17-8-6-9-18(2)25(17)22-15-24-30-27(29-22)31-35(33)21-13-7-12-20(14-21)26(32)28-16-23(34-24)19-10-4-3-5-11-19/h3-15,23H,16H2,1-2H3,(H,28,32)(H,29,30,31)/t23-,35?/m1/s1. The smallest absolute Gasteiger partial charge is 0.251 e. The third kappa shape index (κ3) is 4.93. The number of carbonyl (C=O) groups excluding carboxylic acids is 1. The quantitative estimate of drug-likeness (QED) is 0.428. The lowest BCUT2D eigenvalue weighted by Gasteiger charge is -2.20. The van der Waals surface area contributed by atoms with E-state index in [0.29, 0.717) is 22.0 Å². The number of nitrogens with zero attached hydrogens (tertiary/aromatic N) is 2. The Morgan fingerprint density at radius 1 is 0.914 bits per heavy atom. The molecule has 5 rings (SSSR count). The Hall–Kier alpha value is -4.04. The number of amides is 1. The molecule has 0 fully saturated rings. The Morgan fingerprint density at radius 3 is 2.43 bits per heavy atom. The maximum atomic E-state index is 13.1. The number of aromatic nitrogens is 2. The summed E-state index contributed by atoms with van der Waals surface area (Å²) in [6.07, 6.45) is -0.497. The van der Waals surface area contributed by atoms with Crippen LogP contribution in [0.15, 0.2) is 83.8 Å². The minimum Gasteiger partial charge on any atom is -0.467 e. The molecule has 176 valence electrons. The average Bonchev–Trinajstić information content (AvgIpc) is 2.86. The highest BCUT2D eigenvalue weighted by atomic mass is 32.2. The highest BCUT2D eigenvalue weighted by molar-refractivity contribution is 7.86. The lowest BCUT2D eigenvalue weighted by molar-refractivity contribution is 0.0925. The Morgan fingerprint density at radius 2 is 1.66 bits per heavy atom. The van der Waals surface area contributed by atoms with E-state index in [4.69, 9.17) is 4.74 Å². The van der Waals surface area contributed by atoms with E-state index in [1.54, 1.807) is 30.3 Å². The molecule has 8 heteroatoms. The average molecular weight is 485 g/mol. The summed E-state index contributed by atoms with van der Waals surface area (Å²) in [4.78, 5) is 22.5. The van der Waals surface area contributed by atoms with Gasteiger partial charge in [0.05, 0.1) is 17.1 Å². The monoisotopic (exact) mass is 484 g/mol. The van der Waals surface area contributed by atoms with Gasteiger partial charge in [-0.25, -0.2) is 9.19 Å². The molecule has 1 unspecified atom stereocenters. The molecule has 0 saturated carbocycles. The number of rotatable bonds is 2. The van der Waals surface area contributed by atoms with Gasteiger partial charge in [0.1, 0.15) is 6.10 Å². The molecule has 0 spiro atoms. The van der Waals surface area contributed by atoms with Crippen LogP contribution in [0.25, 0.3) is 11.3 Å². The zero-order valence-corrected chi connectivity index (χ0v) is 20.1. The number of anilines is 1. The predicted molar refractivity (Wildman–Crippen MR) is 136 cm³/mol. The van der Waals surface area contributed by atoms with Gasteiger partial charge in [-0.2, -0.15) is 4.98 Å². The van der Waals surface area contributed by atoms with Crippen molar-refractivity contribution in [2.45, 2.75) is 24.8 Å². The largest absolute Gasteiger partial charge is 0.467 e. The lowest BCUT2D eigenvalue weighted by Crippen LogP contribution is -2.30. The van der Waals surface area contributed by atoms with Gasteiger partial charge >= 0.3 is 0 Å². The van der Waals surface area contributed by atoms with Crippen molar-refractivity contribution in [2.24, 2.45) is 0 Å². The van der Waals surface area contributed by atoms with Crippen molar-refractivity contribution in [3.63, 3.8) is 0 Å². The fourth-order valence-electron chi connectivity index (χ4n) is 4.10. The van der Waals surface area contributed by atoms with Gasteiger partial charge in [-0.15, -0.1) is 0 Å². The van der Waals surface area contributed by atoms with Crippen LogP contribution >= 0.6 is 0 Å². The highest BCUT2D eigenvalue weighted by Crippen LogP contribution is 2.31. The molecule has 0 aliphatic carbocycles. The normalized spacial score (nSPS) is 17.6. The fourth-order valence-corrected chi connectivity index (χ4v) is 4.91. The first-order chi connectivity index (χ1) is 17.0. The first kappa shape index (κ1) is 22.7. The molecule has 0 saturated heterocycles. The van der Waals surface area contributed by atoms with Crippen LogP contribution in [0.3, 0.4) is 0 Å². The van der Waals surface area contributed by atoms with Gasteiger partial charge in [0.15, 0.2) is 11.0 Å². The van der Waals surface area contributed by atoms with Gasteiger partial charge in [0, 0.05) is 17.2 Å². The van der Waals surface area contributed by atoms with Crippen LogP contribution in [0.1, 0.15) is 33.2 Å². The second kappa shape index (κ2) is 9.68. The molecule has 35 heavy (non-hydrogen) atoms. The van der Waals surface area contributed by atoms with Crippen LogP contribution in [0.4, 0.5) is 5.95 Å². The highest BCUT2D eigenvalue weighted by Gasteiger charge is 2.21. The van der Waals surface area contributed by atoms with Gasteiger partial charge in [0.25, 0.3) is 5.91 Å². The van der Waals surface area contributed by atoms with Crippen LogP contribution in [-0.2, 0) is 11.0 Å². The zero-order valence-electron chi connectivity index (χ0n) is 19.3. The molecule has 2 atom stereocenters. The summed E-state index contributed by atoms with van der Waals surface area (Å²) in [5.74, 6) is 0.210. The van der Waals surface area contributed by atoms with Crippen molar-refractivity contribution in [1.29, 1.82) is 0 Å². The first-order valence-electron chi connectivity index (χ1n) is 11.2. The molecule has 3 aromatic carbocycles. The number of carbonyl (C=O) groups is 1. The summed E-state index contributed by atoms with van der Waals surface area (Å²) in [6.45, 7) is 4.26. The van der Waals surface area contributed by atoms with E-state index in [2.05, 4.69) is 20.0 Å². The zero-order chi connectivity index (χ0) is 24.4. The molecular weight excluding hydrogens is 460 g/mol. The van der Waals surface area contributed by atoms with Crippen molar-refractivity contribution in [1.82, 2.24) is 15.3 Å². The Balaban J connectivity index is 1.65. The first-order valence-corrected chi connectivity index (χ1v) is 12.4. The summed E-state index contributed by atoms with van der Waals surface area (Å²) in [6, 6.07) is 24.1. The molecule has 7 nitrogen and oxygen atoms in total. The molecule has 0 radical (unpaired) electrons. The van der Waals surface area contributed by atoms with Gasteiger partial charge in [0.2, 0.25) is 11.8 Å². The van der Waals surface area contributed by atoms with Crippen molar-refractivity contribution in [2.75, 3.05) is 11.3 Å². The molecular formula is C27H24N4O3S. The molecule has 4 bridgehead atoms. The summed E-state index contributed by atoms with van der Waals surface area (Å²) < 4.78 is 22.3. The van der Waals surface area contributed by atoms with E-state index in [1.807, 2.05) is 62.4 Å². The fraction of sp³-hybridized carbons (Fsp3) is 0.148. The van der Waals surface area contributed by atoms with Crippen LogP contribution in [-0.4, -0.2) is 26.6 Å². The topological polar surface area (TPSA) is 93.2 Å². The molecule has 2 heterocycles. The van der Waals surface area contributed by atoms with E-state index in [-0.39, 0.29) is 18.4 Å². The Bertz CT molecular complexity index is 1410. The molecule has 1 aromatic heterocycles. The van der Waals surface area contributed by atoms with E-state index in [0.717, 1.165) is 22.3 Å². The number of benzene rings is 3. The van der Waals surface area contributed by atoms with Gasteiger partial charge in [-0.3, -0.25) is 9.52 Å². The summed E-state index contributed by atoms with van der Waals surface area (Å²) in [5.41, 5.74) is 5.03. The summed E-state index contributed by atoms with van der Waals surface area (Å²) >= 11 is 0. The van der Waals surface area contributed by atoms with E-state index >= 15 is 0 Å².